The highest BCUT2D eigenvalue weighted by Crippen LogP contribution is 2.16. The average Bonchev–Trinajstić information content (AvgIpc) is 2.54. The number of benzene rings is 1. The van der Waals surface area contributed by atoms with Gasteiger partial charge in [-0.3, -0.25) is 4.79 Å². The second-order valence-corrected chi connectivity index (χ2v) is 7.17. The number of amides is 1. The zero-order valence-electron chi connectivity index (χ0n) is 13.4. The first-order chi connectivity index (χ1) is 10.5. The predicted octanol–water partition coefficient (Wildman–Crippen LogP) is 1.23. The van der Waals surface area contributed by atoms with Crippen LogP contribution in [-0.4, -0.2) is 51.9 Å². The molecule has 0 saturated carbocycles. The van der Waals surface area contributed by atoms with Gasteiger partial charge in [0.25, 0.3) is 5.91 Å². The van der Waals surface area contributed by atoms with Crippen LogP contribution in [0.5, 0.6) is 0 Å². The number of carbonyl (C=O) groups excluding carboxylic acids is 1. The summed E-state index contributed by atoms with van der Waals surface area (Å²) in [4.78, 5) is 14.5. The highest BCUT2D eigenvalue weighted by molar-refractivity contribution is 7.89. The van der Waals surface area contributed by atoms with Crippen molar-refractivity contribution in [1.82, 2.24) is 14.9 Å². The minimum atomic E-state index is -3.48. The van der Waals surface area contributed by atoms with Crippen LogP contribution in [0.1, 0.15) is 30.1 Å². The van der Waals surface area contributed by atoms with E-state index in [-0.39, 0.29) is 23.2 Å². The molecule has 0 spiro atoms. The summed E-state index contributed by atoms with van der Waals surface area (Å²) < 4.78 is 26.2. The minimum Gasteiger partial charge on any atom is -0.337 e. The predicted molar refractivity (Wildman–Crippen MR) is 92.5 cm³/mol. The molecule has 0 bridgehead atoms. The molecule has 2 N–H and O–H groups in total. The lowest BCUT2D eigenvalue weighted by molar-refractivity contribution is 0.0698. The number of piperidine rings is 1. The number of nitrogens with zero attached hydrogens (tertiary/aromatic N) is 1. The quantitative estimate of drug-likeness (QED) is 0.826. The monoisotopic (exact) mass is 361 g/mol. The highest BCUT2D eigenvalue weighted by atomic mass is 35.5. The fourth-order valence-electron chi connectivity index (χ4n) is 2.63. The van der Waals surface area contributed by atoms with Crippen molar-refractivity contribution in [3.8, 4) is 0 Å². The summed E-state index contributed by atoms with van der Waals surface area (Å²) in [5, 5.41) is 3.20. The lowest BCUT2D eigenvalue weighted by Crippen LogP contribution is -2.46. The van der Waals surface area contributed by atoms with Crippen molar-refractivity contribution in [2.75, 3.05) is 26.7 Å². The smallest absolute Gasteiger partial charge is 0.253 e. The van der Waals surface area contributed by atoms with E-state index >= 15 is 0 Å². The molecule has 1 heterocycles. The highest BCUT2D eigenvalue weighted by Gasteiger charge is 2.23. The van der Waals surface area contributed by atoms with Crippen LogP contribution in [0.15, 0.2) is 29.2 Å². The molecule has 130 valence electrons. The number of carbonyl (C=O) groups is 1. The normalized spacial score (nSPS) is 18.3. The maximum absolute atomic E-state index is 12.5. The Kier molecular flexibility index (Phi) is 7.47. The molecule has 2 rings (SSSR count). The fraction of sp³-hybridized carbons (Fsp3) is 0.533. The molecule has 1 saturated heterocycles. The number of rotatable bonds is 5. The molecule has 23 heavy (non-hydrogen) atoms. The van der Waals surface area contributed by atoms with Gasteiger partial charge < -0.3 is 10.2 Å². The number of sulfonamides is 1. The van der Waals surface area contributed by atoms with Crippen LogP contribution < -0.4 is 10.0 Å². The van der Waals surface area contributed by atoms with Crippen LogP contribution in [0, 0.1) is 0 Å². The van der Waals surface area contributed by atoms with Crippen molar-refractivity contribution in [2.45, 2.75) is 30.7 Å². The van der Waals surface area contributed by atoms with E-state index in [1.807, 2.05) is 11.9 Å². The Morgan fingerprint density at radius 2 is 1.96 bits per heavy atom. The first kappa shape index (κ1) is 19.9. The molecule has 1 atom stereocenters. The molecule has 0 aliphatic carbocycles. The van der Waals surface area contributed by atoms with Gasteiger partial charge in [0.2, 0.25) is 10.0 Å². The van der Waals surface area contributed by atoms with Gasteiger partial charge >= 0.3 is 0 Å². The van der Waals surface area contributed by atoms with E-state index in [4.69, 9.17) is 0 Å². The van der Waals surface area contributed by atoms with Crippen LogP contribution in [0.2, 0.25) is 0 Å². The lowest BCUT2D eigenvalue weighted by Gasteiger charge is -2.32. The zero-order valence-corrected chi connectivity index (χ0v) is 15.0. The third-order valence-electron chi connectivity index (χ3n) is 3.86. The van der Waals surface area contributed by atoms with Crippen molar-refractivity contribution >= 4 is 28.3 Å². The summed E-state index contributed by atoms with van der Waals surface area (Å²) in [5.74, 6) is -0.0488. The molecule has 6 nitrogen and oxygen atoms in total. The zero-order chi connectivity index (χ0) is 16.2. The Morgan fingerprint density at radius 3 is 2.52 bits per heavy atom. The maximum Gasteiger partial charge on any atom is 0.253 e. The van der Waals surface area contributed by atoms with Gasteiger partial charge in [0, 0.05) is 31.2 Å². The van der Waals surface area contributed by atoms with Gasteiger partial charge in [0.1, 0.15) is 0 Å². The second kappa shape index (κ2) is 8.63. The van der Waals surface area contributed by atoms with E-state index < -0.39 is 10.0 Å². The molecule has 8 heteroatoms. The number of likely N-dealkylation sites (N-methyl/N-ethyl adjacent to an activating group) is 1. The summed E-state index contributed by atoms with van der Waals surface area (Å²) in [5.41, 5.74) is 0.521. The third-order valence-corrected chi connectivity index (χ3v) is 5.42. The molecular formula is C15H24ClN3O3S. The number of hydrogen-bond acceptors (Lipinski definition) is 4. The number of halogens is 1. The molecular weight excluding hydrogens is 338 g/mol. The molecule has 1 amide bonds. The van der Waals surface area contributed by atoms with E-state index in [1.165, 1.54) is 12.1 Å². The standard InChI is InChI=1S/C15H23N3O3S.ClH/c1-3-17-22(20,21)14-8-6-12(7-9-14)15(19)18-10-4-5-13(11-18)16-2;/h6-9,13,16-17H,3-5,10-11H2,1-2H3;1H. The van der Waals surface area contributed by atoms with Crippen LogP contribution in [0.4, 0.5) is 0 Å². The maximum atomic E-state index is 12.5. The molecule has 1 aromatic carbocycles. The Morgan fingerprint density at radius 1 is 1.30 bits per heavy atom. The molecule has 0 radical (unpaired) electrons. The average molecular weight is 362 g/mol. The fourth-order valence-corrected chi connectivity index (χ4v) is 3.67. The number of likely N-dealkylation sites (tertiary alicyclic amines) is 1. The Labute approximate surface area is 144 Å². The van der Waals surface area contributed by atoms with Crippen molar-refractivity contribution < 1.29 is 13.2 Å². The largest absolute Gasteiger partial charge is 0.337 e. The Balaban J connectivity index is 0.00000264. The van der Waals surface area contributed by atoms with Gasteiger partial charge in [-0.15, -0.1) is 12.4 Å². The Hall–Kier alpha value is -1.15. The summed E-state index contributed by atoms with van der Waals surface area (Å²) in [7, 11) is -1.57. The lowest BCUT2D eigenvalue weighted by atomic mass is 10.0. The van der Waals surface area contributed by atoms with Crippen molar-refractivity contribution in [3.05, 3.63) is 29.8 Å². The Bertz CT molecular complexity index is 619. The van der Waals surface area contributed by atoms with Gasteiger partial charge in [-0.1, -0.05) is 6.92 Å². The van der Waals surface area contributed by atoms with Gasteiger partial charge in [0.05, 0.1) is 4.90 Å². The van der Waals surface area contributed by atoms with E-state index in [0.717, 1.165) is 19.4 Å². The second-order valence-electron chi connectivity index (χ2n) is 5.40. The summed E-state index contributed by atoms with van der Waals surface area (Å²) in [6.07, 6.45) is 2.05. The van der Waals surface area contributed by atoms with Gasteiger partial charge in [0.15, 0.2) is 0 Å². The molecule has 1 aliphatic heterocycles. The van der Waals surface area contributed by atoms with E-state index in [0.29, 0.717) is 24.7 Å². The molecule has 1 unspecified atom stereocenters. The molecule has 1 aliphatic rings. The molecule has 0 aromatic heterocycles. The SMILES string of the molecule is CCNS(=O)(=O)c1ccc(C(=O)N2CCCC(NC)C2)cc1.Cl. The summed E-state index contributed by atoms with van der Waals surface area (Å²) in [6.45, 7) is 3.49. The minimum absolute atomic E-state index is 0. The van der Waals surface area contributed by atoms with Crippen molar-refractivity contribution in [2.24, 2.45) is 0 Å². The first-order valence-corrected chi connectivity index (χ1v) is 9.02. The molecule has 1 fully saturated rings. The first-order valence-electron chi connectivity index (χ1n) is 7.54. The summed E-state index contributed by atoms with van der Waals surface area (Å²) >= 11 is 0. The number of hydrogen-bond donors (Lipinski definition) is 2. The van der Waals surface area contributed by atoms with Crippen LogP contribution in [0.25, 0.3) is 0 Å². The van der Waals surface area contributed by atoms with E-state index in [2.05, 4.69) is 10.0 Å². The van der Waals surface area contributed by atoms with E-state index in [1.54, 1.807) is 19.1 Å². The summed E-state index contributed by atoms with van der Waals surface area (Å²) in [6, 6.07) is 6.44. The number of nitrogens with one attached hydrogen (secondary N) is 2. The van der Waals surface area contributed by atoms with Gasteiger partial charge in [-0.25, -0.2) is 13.1 Å². The third kappa shape index (κ3) is 4.91. The topological polar surface area (TPSA) is 78.5 Å². The van der Waals surface area contributed by atoms with Crippen LogP contribution in [-0.2, 0) is 10.0 Å². The van der Waals surface area contributed by atoms with Crippen LogP contribution in [0.3, 0.4) is 0 Å². The van der Waals surface area contributed by atoms with Crippen LogP contribution >= 0.6 is 12.4 Å². The van der Waals surface area contributed by atoms with Crippen molar-refractivity contribution in [3.63, 3.8) is 0 Å². The van der Waals surface area contributed by atoms with Crippen molar-refractivity contribution in [1.29, 1.82) is 0 Å². The van der Waals surface area contributed by atoms with E-state index in [9.17, 15) is 13.2 Å². The van der Waals surface area contributed by atoms with Gasteiger partial charge in [-0.05, 0) is 44.2 Å². The molecule has 1 aromatic rings. The van der Waals surface area contributed by atoms with Gasteiger partial charge in [-0.2, -0.15) is 0 Å².